The molecule has 0 aliphatic rings. The molecule has 5 heteroatoms. The minimum absolute atomic E-state index is 0.0772. The van der Waals surface area contributed by atoms with E-state index in [1.807, 2.05) is 13.8 Å². The van der Waals surface area contributed by atoms with Crippen molar-refractivity contribution in [1.29, 1.82) is 0 Å². The fourth-order valence-electron chi connectivity index (χ4n) is 1.34. The van der Waals surface area contributed by atoms with E-state index in [4.69, 9.17) is 4.74 Å². The third-order valence-electron chi connectivity index (χ3n) is 2.08. The summed E-state index contributed by atoms with van der Waals surface area (Å²) in [6, 6.07) is 0. The SMILES string of the molecule is C=C(C)C(=O)OC(CC(C)C)CC(F)(F)CF. The lowest BCUT2D eigenvalue weighted by atomic mass is 10.0. The van der Waals surface area contributed by atoms with Crippen molar-refractivity contribution < 1.29 is 22.7 Å². The Balaban J connectivity index is 4.54. The molecule has 17 heavy (non-hydrogen) atoms. The average Bonchev–Trinajstić information content (AvgIpc) is 2.15. The summed E-state index contributed by atoms with van der Waals surface area (Å²) in [5, 5.41) is 0. The number of carbonyl (C=O) groups excluding carboxylic acids is 1. The summed E-state index contributed by atoms with van der Waals surface area (Å²) in [7, 11) is 0. The van der Waals surface area contributed by atoms with Gasteiger partial charge in [-0.05, 0) is 19.3 Å². The zero-order chi connectivity index (χ0) is 13.6. The van der Waals surface area contributed by atoms with Gasteiger partial charge in [0.1, 0.15) is 6.10 Å². The Labute approximate surface area is 99.8 Å². The minimum Gasteiger partial charge on any atom is -0.459 e. The molecule has 0 rings (SSSR count). The number of hydrogen-bond donors (Lipinski definition) is 0. The molecule has 0 aromatic carbocycles. The lowest BCUT2D eigenvalue weighted by molar-refractivity contribution is -0.150. The third kappa shape index (κ3) is 7.02. The van der Waals surface area contributed by atoms with E-state index in [0.717, 1.165) is 0 Å². The molecule has 0 saturated heterocycles. The molecule has 0 aliphatic carbocycles. The van der Waals surface area contributed by atoms with E-state index in [1.54, 1.807) is 0 Å². The molecular weight excluding hydrogens is 233 g/mol. The second-order valence-corrected chi connectivity index (χ2v) is 4.63. The predicted molar refractivity (Wildman–Crippen MR) is 59.7 cm³/mol. The minimum atomic E-state index is -3.45. The lowest BCUT2D eigenvalue weighted by Gasteiger charge is -2.23. The van der Waals surface area contributed by atoms with Gasteiger partial charge in [0.05, 0.1) is 6.42 Å². The zero-order valence-corrected chi connectivity index (χ0v) is 10.4. The Hall–Kier alpha value is -1.00. The van der Waals surface area contributed by atoms with Gasteiger partial charge >= 0.3 is 5.97 Å². The van der Waals surface area contributed by atoms with Crippen molar-refractivity contribution in [2.24, 2.45) is 5.92 Å². The Kier molecular flexibility index (Phi) is 6.27. The van der Waals surface area contributed by atoms with Crippen molar-refractivity contribution in [3.05, 3.63) is 12.2 Å². The molecule has 1 unspecified atom stereocenters. The zero-order valence-electron chi connectivity index (χ0n) is 10.4. The summed E-state index contributed by atoms with van der Waals surface area (Å²) in [5.74, 6) is -4.09. The van der Waals surface area contributed by atoms with E-state index >= 15 is 0 Å². The van der Waals surface area contributed by atoms with Crippen LogP contribution in [0.25, 0.3) is 0 Å². The highest BCUT2D eigenvalue weighted by Crippen LogP contribution is 2.26. The van der Waals surface area contributed by atoms with Gasteiger partial charge < -0.3 is 4.74 Å². The van der Waals surface area contributed by atoms with Gasteiger partial charge in [0.2, 0.25) is 0 Å². The fourth-order valence-corrected chi connectivity index (χ4v) is 1.34. The van der Waals surface area contributed by atoms with Crippen molar-refractivity contribution in [3.63, 3.8) is 0 Å². The van der Waals surface area contributed by atoms with Crippen LogP contribution >= 0.6 is 0 Å². The van der Waals surface area contributed by atoms with E-state index in [-0.39, 0.29) is 17.9 Å². The summed E-state index contributed by atoms with van der Waals surface area (Å²) in [6.07, 6.45) is -1.50. The maximum Gasteiger partial charge on any atom is 0.333 e. The maximum atomic E-state index is 12.9. The van der Waals surface area contributed by atoms with Crippen molar-refractivity contribution >= 4 is 5.97 Å². The van der Waals surface area contributed by atoms with Crippen LogP contribution in [0.2, 0.25) is 0 Å². The summed E-state index contributed by atoms with van der Waals surface area (Å²) < 4.78 is 42.8. The number of ether oxygens (including phenoxy) is 1. The first kappa shape index (κ1) is 16.0. The summed E-state index contributed by atoms with van der Waals surface area (Å²) in [4.78, 5) is 11.2. The summed E-state index contributed by atoms with van der Waals surface area (Å²) in [5.41, 5.74) is 0.141. The van der Waals surface area contributed by atoms with E-state index in [0.29, 0.717) is 0 Å². The van der Waals surface area contributed by atoms with Crippen LogP contribution in [-0.4, -0.2) is 24.7 Å². The largest absolute Gasteiger partial charge is 0.459 e. The third-order valence-corrected chi connectivity index (χ3v) is 2.08. The van der Waals surface area contributed by atoms with Crippen LogP contribution in [-0.2, 0) is 9.53 Å². The molecule has 0 radical (unpaired) electrons. The second kappa shape index (κ2) is 6.67. The smallest absolute Gasteiger partial charge is 0.333 e. The molecule has 0 amide bonds. The predicted octanol–water partition coefficient (Wildman–Crippen LogP) is 3.52. The summed E-state index contributed by atoms with van der Waals surface area (Å²) >= 11 is 0. The monoisotopic (exact) mass is 252 g/mol. The Morgan fingerprint density at radius 1 is 1.41 bits per heavy atom. The molecule has 0 saturated carbocycles. The standard InChI is InChI=1S/C12H19F3O2/c1-8(2)5-10(6-12(14,15)7-13)17-11(16)9(3)4/h8,10H,3,5-7H2,1-2,4H3. The van der Waals surface area contributed by atoms with Gasteiger partial charge in [-0.15, -0.1) is 0 Å². The first-order valence-corrected chi connectivity index (χ1v) is 5.48. The number of carbonyl (C=O) groups is 1. The molecule has 0 aromatic rings. The number of halogens is 3. The van der Waals surface area contributed by atoms with Crippen LogP contribution in [0.4, 0.5) is 13.2 Å². The van der Waals surface area contributed by atoms with E-state index in [9.17, 15) is 18.0 Å². The van der Waals surface area contributed by atoms with Gasteiger partial charge in [0.15, 0.2) is 6.67 Å². The normalized spacial score (nSPS) is 13.6. The number of alkyl halides is 3. The van der Waals surface area contributed by atoms with Crippen molar-refractivity contribution in [3.8, 4) is 0 Å². The first-order chi connectivity index (χ1) is 7.68. The Morgan fingerprint density at radius 3 is 2.29 bits per heavy atom. The van der Waals surface area contributed by atoms with Crippen LogP contribution in [0, 0.1) is 5.92 Å². The van der Waals surface area contributed by atoms with Crippen molar-refractivity contribution in [2.45, 2.75) is 45.6 Å². The number of esters is 1. The second-order valence-electron chi connectivity index (χ2n) is 4.63. The molecule has 0 N–H and O–H groups in total. The highest BCUT2D eigenvalue weighted by Gasteiger charge is 2.34. The lowest BCUT2D eigenvalue weighted by Crippen LogP contribution is -2.30. The van der Waals surface area contributed by atoms with E-state index < -0.39 is 31.1 Å². The van der Waals surface area contributed by atoms with Gasteiger partial charge in [-0.3, -0.25) is 0 Å². The molecule has 0 spiro atoms. The van der Waals surface area contributed by atoms with Gasteiger partial charge in [0.25, 0.3) is 5.92 Å². The Bertz CT molecular complexity index is 275. The Morgan fingerprint density at radius 2 is 1.94 bits per heavy atom. The fraction of sp³-hybridized carbons (Fsp3) is 0.750. The highest BCUT2D eigenvalue weighted by molar-refractivity contribution is 5.87. The molecule has 0 bridgehead atoms. The van der Waals surface area contributed by atoms with Crippen LogP contribution in [0.1, 0.15) is 33.6 Å². The summed E-state index contributed by atoms with van der Waals surface area (Å²) in [6.45, 7) is 6.69. The average molecular weight is 252 g/mol. The number of rotatable bonds is 7. The van der Waals surface area contributed by atoms with Gasteiger partial charge in [-0.1, -0.05) is 20.4 Å². The van der Waals surface area contributed by atoms with Crippen LogP contribution in [0.15, 0.2) is 12.2 Å². The molecule has 1 atom stereocenters. The van der Waals surface area contributed by atoms with Gasteiger partial charge in [-0.25, -0.2) is 18.0 Å². The molecule has 0 heterocycles. The van der Waals surface area contributed by atoms with Gasteiger partial charge in [-0.2, -0.15) is 0 Å². The first-order valence-electron chi connectivity index (χ1n) is 5.48. The maximum absolute atomic E-state index is 12.9. The quantitative estimate of drug-likeness (QED) is 0.512. The molecule has 0 aromatic heterocycles. The highest BCUT2D eigenvalue weighted by atomic mass is 19.3. The molecule has 100 valence electrons. The topological polar surface area (TPSA) is 26.3 Å². The molecular formula is C12H19F3O2. The van der Waals surface area contributed by atoms with Gasteiger partial charge in [0, 0.05) is 5.57 Å². The van der Waals surface area contributed by atoms with Crippen LogP contribution in [0.5, 0.6) is 0 Å². The van der Waals surface area contributed by atoms with Crippen molar-refractivity contribution in [2.75, 3.05) is 6.67 Å². The molecule has 0 fully saturated rings. The van der Waals surface area contributed by atoms with E-state index in [1.165, 1.54) is 6.92 Å². The van der Waals surface area contributed by atoms with Crippen molar-refractivity contribution in [1.82, 2.24) is 0 Å². The van der Waals surface area contributed by atoms with Crippen LogP contribution < -0.4 is 0 Å². The van der Waals surface area contributed by atoms with E-state index in [2.05, 4.69) is 6.58 Å². The number of hydrogen-bond acceptors (Lipinski definition) is 2. The molecule has 0 aliphatic heterocycles. The molecule has 2 nitrogen and oxygen atoms in total. The van der Waals surface area contributed by atoms with Crippen LogP contribution in [0.3, 0.4) is 0 Å².